The number of hydrogen-bond donors (Lipinski definition) is 3. The number of aromatic nitrogens is 3. The Hall–Kier alpha value is -1.41. The molecule has 1 aromatic heterocycles. The minimum Gasteiger partial charge on any atom is -0.370 e. The molecule has 4 N–H and O–H groups in total. The van der Waals surface area contributed by atoms with Crippen molar-refractivity contribution in [1.82, 2.24) is 14.8 Å². The molecule has 14 heavy (non-hydrogen) atoms. The van der Waals surface area contributed by atoms with E-state index in [4.69, 9.17) is 22.7 Å². The number of primary amides is 1. The fourth-order valence-corrected chi connectivity index (χ4v) is 1.09. The van der Waals surface area contributed by atoms with Crippen LogP contribution < -0.4 is 11.4 Å². The van der Waals surface area contributed by atoms with Crippen LogP contribution in [0.1, 0.15) is 0 Å². The van der Waals surface area contributed by atoms with Crippen molar-refractivity contribution in [2.24, 2.45) is 5.73 Å². The number of aromatic amines is 2. The van der Waals surface area contributed by atoms with E-state index in [2.05, 4.69) is 10.2 Å². The van der Waals surface area contributed by atoms with E-state index in [1.807, 2.05) is 0 Å². The van der Waals surface area contributed by atoms with Crippen molar-refractivity contribution in [2.75, 3.05) is 13.2 Å². The van der Waals surface area contributed by atoms with Crippen LogP contribution in [0.25, 0.3) is 0 Å². The Morgan fingerprint density at radius 1 is 1.57 bits per heavy atom. The maximum atomic E-state index is 11.0. The smallest absolute Gasteiger partial charge is 0.342 e. The van der Waals surface area contributed by atoms with Crippen molar-refractivity contribution < 1.29 is 9.53 Å². The summed E-state index contributed by atoms with van der Waals surface area (Å²) in [5.74, 6) is -0.545. The Balaban J connectivity index is 2.43. The SMILES string of the molecule is NC(=O)COCCn1c(=O)[nH][nH]c1=S. The first kappa shape index (κ1) is 10.7. The van der Waals surface area contributed by atoms with Gasteiger partial charge in [-0.15, -0.1) is 0 Å². The highest BCUT2D eigenvalue weighted by Crippen LogP contribution is 1.83. The molecule has 0 aromatic carbocycles. The molecule has 0 saturated carbocycles. The molecule has 0 bridgehead atoms. The second kappa shape index (κ2) is 4.72. The number of rotatable bonds is 5. The number of nitrogens with two attached hydrogens (primary N) is 1. The number of ether oxygens (including phenoxy) is 1. The van der Waals surface area contributed by atoms with Gasteiger partial charge < -0.3 is 10.5 Å². The number of nitrogens with zero attached hydrogens (tertiary/aromatic N) is 1. The molecule has 1 heterocycles. The third kappa shape index (κ3) is 2.82. The van der Waals surface area contributed by atoms with Crippen LogP contribution >= 0.6 is 12.2 Å². The Labute approximate surface area is 83.9 Å². The number of carbonyl (C=O) groups is 1. The predicted octanol–water partition coefficient (Wildman–Crippen LogP) is -1.26. The largest absolute Gasteiger partial charge is 0.370 e. The summed E-state index contributed by atoms with van der Waals surface area (Å²) in [6, 6.07) is 0. The zero-order valence-electron chi connectivity index (χ0n) is 7.28. The monoisotopic (exact) mass is 218 g/mol. The molecule has 78 valence electrons. The van der Waals surface area contributed by atoms with E-state index in [1.165, 1.54) is 4.57 Å². The van der Waals surface area contributed by atoms with E-state index in [-0.39, 0.29) is 30.2 Å². The van der Waals surface area contributed by atoms with Gasteiger partial charge in [0.15, 0.2) is 4.77 Å². The van der Waals surface area contributed by atoms with Crippen LogP contribution in [0.5, 0.6) is 0 Å². The van der Waals surface area contributed by atoms with Crippen LogP contribution in [-0.2, 0) is 16.1 Å². The molecule has 0 radical (unpaired) electrons. The lowest BCUT2D eigenvalue weighted by Gasteiger charge is -2.00. The van der Waals surface area contributed by atoms with Gasteiger partial charge in [-0.3, -0.25) is 14.5 Å². The van der Waals surface area contributed by atoms with Crippen molar-refractivity contribution in [2.45, 2.75) is 6.54 Å². The molecule has 0 aliphatic heterocycles. The van der Waals surface area contributed by atoms with E-state index >= 15 is 0 Å². The van der Waals surface area contributed by atoms with Gasteiger partial charge in [0.1, 0.15) is 6.61 Å². The molecule has 1 rings (SSSR count). The summed E-state index contributed by atoms with van der Waals surface area (Å²) in [6.45, 7) is 0.332. The lowest BCUT2D eigenvalue weighted by molar-refractivity contribution is -0.122. The minimum absolute atomic E-state index is 0.157. The Bertz CT molecular complexity index is 390. The molecule has 0 spiro atoms. The standard InChI is InChI=1S/C6H10N4O3S/c7-4(11)3-13-2-1-10-5(12)8-9-6(10)14/h1-3H2,(H2,7,11)(H,8,12)(H,9,14). The predicted molar refractivity (Wildman–Crippen MR) is 50.3 cm³/mol. The van der Waals surface area contributed by atoms with Crippen LogP contribution in [0.15, 0.2) is 4.79 Å². The third-order valence-corrected chi connectivity index (χ3v) is 1.79. The minimum atomic E-state index is -0.545. The van der Waals surface area contributed by atoms with Crippen LogP contribution in [0.2, 0.25) is 0 Å². The van der Waals surface area contributed by atoms with Crippen molar-refractivity contribution in [3.05, 3.63) is 15.3 Å². The fraction of sp³-hybridized carbons (Fsp3) is 0.500. The van der Waals surface area contributed by atoms with Gasteiger partial charge in [0.2, 0.25) is 5.91 Å². The summed E-state index contributed by atoms with van der Waals surface area (Å²) in [4.78, 5) is 21.3. The van der Waals surface area contributed by atoms with Gasteiger partial charge >= 0.3 is 5.69 Å². The lowest BCUT2D eigenvalue weighted by atomic mass is 10.6. The Kier molecular flexibility index (Phi) is 3.60. The molecule has 0 atom stereocenters. The highest BCUT2D eigenvalue weighted by atomic mass is 32.1. The van der Waals surface area contributed by atoms with Crippen LogP contribution in [0.4, 0.5) is 0 Å². The number of carbonyl (C=O) groups excluding carboxylic acids is 1. The number of H-pyrrole nitrogens is 2. The lowest BCUT2D eigenvalue weighted by Crippen LogP contribution is -2.23. The van der Waals surface area contributed by atoms with Crippen molar-refractivity contribution in [3.63, 3.8) is 0 Å². The Morgan fingerprint density at radius 2 is 2.29 bits per heavy atom. The first-order valence-corrected chi connectivity index (χ1v) is 4.25. The summed E-state index contributed by atoms with van der Waals surface area (Å²) in [5.41, 5.74) is 4.51. The number of amides is 1. The van der Waals surface area contributed by atoms with Crippen LogP contribution in [0, 0.1) is 4.77 Å². The van der Waals surface area contributed by atoms with Crippen LogP contribution in [-0.4, -0.2) is 33.9 Å². The average molecular weight is 218 g/mol. The van der Waals surface area contributed by atoms with Crippen molar-refractivity contribution in [1.29, 1.82) is 0 Å². The molecule has 0 fully saturated rings. The normalized spacial score (nSPS) is 10.3. The van der Waals surface area contributed by atoms with Gasteiger partial charge in [0.05, 0.1) is 13.2 Å². The summed E-state index contributed by atoms with van der Waals surface area (Å²) in [5, 5.41) is 4.80. The summed E-state index contributed by atoms with van der Waals surface area (Å²) in [6.07, 6.45) is 0. The maximum Gasteiger partial charge on any atom is 0.342 e. The molecular formula is C6H10N4O3S. The summed E-state index contributed by atoms with van der Waals surface area (Å²) in [7, 11) is 0. The van der Waals surface area contributed by atoms with Gasteiger partial charge in [-0.1, -0.05) is 0 Å². The second-order valence-electron chi connectivity index (χ2n) is 2.53. The molecule has 1 amide bonds. The molecule has 0 aliphatic carbocycles. The molecular weight excluding hydrogens is 208 g/mol. The van der Waals surface area contributed by atoms with Gasteiger partial charge in [-0.05, 0) is 12.2 Å². The zero-order chi connectivity index (χ0) is 10.6. The number of nitrogens with one attached hydrogen (secondary N) is 2. The summed E-state index contributed by atoms with van der Waals surface area (Å²) >= 11 is 4.80. The molecule has 0 unspecified atom stereocenters. The molecule has 1 aromatic rings. The second-order valence-corrected chi connectivity index (χ2v) is 2.92. The van der Waals surface area contributed by atoms with Gasteiger partial charge in [-0.25, -0.2) is 9.89 Å². The number of hydrogen-bond acceptors (Lipinski definition) is 4. The quantitative estimate of drug-likeness (QED) is 0.423. The van der Waals surface area contributed by atoms with Crippen molar-refractivity contribution in [3.8, 4) is 0 Å². The van der Waals surface area contributed by atoms with Gasteiger partial charge in [0.25, 0.3) is 0 Å². The summed E-state index contributed by atoms with van der Waals surface area (Å²) < 4.78 is 6.45. The fourth-order valence-electron chi connectivity index (χ4n) is 0.866. The third-order valence-electron chi connectivity index (χ3n) is 1.47. The average Bonchev–Trinajstić information content (AvgIpc) is 2.42. The molecule has 8 heteroatoms. The van der Waals surface area contributed by atoms with E-state index in [1.54, 1.807) is 0 Å². The van der Waals surface area contributed by atoms with Crippen molar-refractivity contribution >= 4 is 18.1 Å². The molecule has 7 nitrogen and oxygen atoms in total. The van der Waals surface area contributed by atoms with Crippen LogP contribution in [0.3, 0.4) is 0 Å². The first-order chi connectivity index (χ1) is 6.61. The molecule has 0 saturated heterocycles. The Morgan fingerprint density at radius 3 is 2.79 bits per heavy atom. The van der Waals surface area contributed by atoms with E-state index in [9.17, 15) is 9.59 Å². The van der Waals surface area contributed by atoms with Gasteiger partial charge in [0, 0.05) is 0 Å². The van der Waals surface area contributed by atoms with Gasteiger partial charge in [-0.2, -0.15) is 0 Å². The maximum absolute atomic E-state index is 11.0. The molecule has 0 aliphatic rings. The topological polar surface area (TPSA) is 106 Å². The zero-order valence-corrected chi connectivity index (χ0v) is 8.10. The first-order valence-electron chi connectivity index (χ1n) is 3.85. The highest BCUT2D eigenvalue weighted by molar-refractivity contribution is 7.71. The highest BCUT2D eigenvalue weighted by Gasteiger charge is 2.00. The van der Waals surface area contributed by atoms with E-state index < -0.39 is 5.91 Å². The van der Waals surface area contributed by atoms with E-state index in [0.717, 1.165) is 0 Å². The van der Waals surface area contributed by atoms with E-state index in [0.29, 0.717) is 0 Å².